The van der Waals surface area contributed by atoms with Gasteiger partial charge in [-0.25, -0.2) is 4.98 Å². The summed E-state index contributed by atoms with van der Waals surface area (Å²) in [5, 5.41) is 5.54. The third kappa shape index (κ3) is 3.55. The monoisotopic (exact) mass is 427 g/mol. The van der Waals surface area contributed by atoms with Crippen molar-refractivity contribution >= 4 is 33.3 Å². The van der Waals surface area contributed by atoms with Crippen LogP contribution in [0.1, 0.15) is 41.0 Å². The van der Waals surface area contributed by atoms with Crippen molar-refractivity contribution in [3.05, 3.63) is 62.5 Å². The molecule has 5 rings (SSSR count). The zero-order valence-corrected chi connectivity index (χ0v) is 17.9. The lowest BCUT2D eigenvalue weighted by Gasteiger charge is -2.17. The minimum atomic E-state index is 0.0253. The van der Waals surface area contributed by atoms with E-state index in [2.05, 4.69) is 12.1 Å². The van der Waals surface area contributed by atoms with Gasteiger partial charge in [0, 0.05) is 16.7 Å². The topological polar surface area (TPSA) is 74.1 Å². The maximum atomic E-state index is 13.5. The van der Waals surface area contributed by atoms with Crippen molar-refractivity contribution in [2.75, 3.05) is 0 Å². The van der Waals surface area contributed by atoms with Crippen LogP contribution in [0.15, 0.2) is 43.4 Å². The van der Waals surface area contributed by atoms with Crippen LogP contribution in [0.2, 0.25) is 0 Å². The predicted molar refractivity (Wildman–Crippen MR) is 114 cm³/mol. The first-order chi connectivity index (χ1) is 14.1. The van der Waals surface area contributed by atoms with Crippen molar-refractivity contribution in [3.63, 3.8) is 0 Å². The van der Waals surface area contributed by atoms with Crippen molar-refractivity contribution in [2.24, 2.45) is 5.92 Å². The first-order valence-corrected chi connectivity index (χ1v) is 11.5. The van der Waals surface area contributed by atoms with Gasteiger partial charge in [0.25, 0.3) is 5.56 Å². The molecule has 4 heterocycles. The van der Waals surface area contributed by atoms with Crippen LogP contribution >= 0.6 is 23.1 Å². The third-order valence-corrected chi connectivity index (χ3v) is 7.46. The number of hydrogen-bond donors (Lipinski definition) is 0. The first kappa shape index (κ1) is 18.7. The molecule has 0 N–H and O–H groups in total. The van der Waals surface area contributed by atoms with Crippen LogP contribution in [0.3, 0.4) is 0 Å². The molecule has 29 heavy (non-hydrogen) atoms. The van der Waals surface area contributed by atoms with Crippen LogP contribution in [-0.4, -0.2) is 14.7 Å². The molecule has 1 unspecified atom stereocenters. The van der Waals surface area contributed by atoms with E-state index in [9.17, 15) is 4.79 Å². The van der Waals surface area contributed by atoms with Gasteiger partial charge >= 0.3 is 0 Å². The SMILES string of the molecule is Cc1cc(CSc2nc3sc4c(c3c(=O)n2Cc2ccco2)CCC(C)C4)no1. The van der Waals surface area contributed by atoms with Gasteiger partial charge in [-0.3, -0.25) is 9.36 Å². The number of thioether (sulfide) groups is 1. The third-order valence-electron chi connectivity index (χ3n) is 5.30. The maximum absolute atomic E-state index is 13.5. The summed E-state index contributed by atoms with van der Waals surface area (Å²) in [5.41, 5.74) is 2.07. The summed E-state index contributed by atoms with van der Waals surface area (Å²) in [6.07, 6.45) is 4.75. The molecule has 4 aromatic rings. The van der Waals surface area contributed by atoms with E-state index in [4.69, 9.17) is 13.9 Å². The molecule has 0 aromatic carbocycles. The molecule has 0 amide bonds. The smallest absolute Gasteiger partial charge is 0.263 e. The van der Waals surface area contributed by atoms with E-state index in [1.807, 2.05) is 25.1 Å². The molecule has 6 nitrogen and oxygen atoms in total. The van der Waals surface area contributed by atoms with Crippen molar-refractivity contribution in [1.82, 2.24) is 14.7 Å². The molecule has 1 aliphatic rings. The molecule has 0 radical (unpaired) electrons. The van der Waals surface area contributed by atoms with Crippen molar-refractivity contribution < 1.29 is 8.94 Å². The van der Waals surface area contributed by atoms with Crippen molar-refractivity contribution in [2.45, 2.75) is 50.6 Å². The average Bonchev–Trinajstić information content (AvgIpc) is 3.42. The van der Waals surface area contributed by atoms with Crippen LogP contribution in [-0.2, 0) is 25.1 Å². The Morgan fingerprint density at radius 2 is 2.31 bits per heavy atom. The van der Waals surface area contributed by atoms with E-state index in [0.717, 1.165) is 46.7 Å². The lowest BCUT2D eigenvalue weighted by molar-refractivity contribution is 0.393. The molecule has 150 valence electrons. The van der Waals surface area contributed by atoms with E-state index in [1.165, 1.54) is 22.2 Å². The Balaban J connectivity index is 1.60. The summed E-state index contributed by atoms with van der Waals surface area (Å²) < 4.78 is 12.4. The fourth-order valence-corrected chi connectivity index (χ4v) is 6.14. The Labute approximate surface area is 175 Å². The highest BCUT2D eigenvalue weighted by Gasteiger charge is 2.25. The Morgan fingerprint density at radius 1 is 1.41 bits per heavy atom. The molecule has 4 aromatic heterocycles. The van der Waals surface area contributed by atoms with E-state index >= 15 is 0 Å². The van der Waals surface area contributed by atoms with E-state index in [1.54, 1.807) is 22.2 Å². The minimum absolute atomic E-state index is 0.0253. The van der Waals surface area contributed by atoms with Crippen LogP contribution in [0.25, 0.3) is 10.2 Å². The Kier molecular flexibility index (Phi) is 4.83. The second-order valence-electron chi connectivity index (χ2n) is 7.61. The summed E-state index contributed by atoms with van der Waals surface area (Å²) >= 11 is 3.18. The lowest BCUT2D eigenvalue weighted by atomic mass is 9.89. The number of nitrogens with zero attached hydrogens (tertiary/aromatic N) is 3. The molecule has 0 spiro atoms. The molecule has 1 atom stereocenters. The predicted octanol–water partition coefficient (Wildman–Crippen LogP) is 4.81. The number of hydrogen-bond acceptors (Lipinski definition) is 7. The maximum Gasteiger partial charge on any atom is 0.263 e. The fraction of sp³-hybridized carbons (Fsp3) is 0.381. The lowest BCUT2D eigenvalue weighted by Crippen LogP contribution is -2.24. The highest BCUT2D eigenvalue weighted by Crippen LogP contribution is 2.36. The van der Waals surface area contributed by atoms with Gasteiger partial charge in [0.15, 0.2) is 5.16 Å². The standard InChI is InChI=1S/C21H21N3O3S2/c1-12-5-6-16-17(8-12)29-19-18(16)20(25)24(10-15-4-3-7-26-15)21(22-19)28-11-14-9-13(2)27-23-14/h3-4,7,9,12H,5-6,8,10-11H2,1-2H3. The number of furan rings is 1. The minimum Gasteiger partial charge on any atom is -0.467 e. The molecular formula is C21H21N3O3S2. The molecule has 0 saturated heterocycles. The summed E-state index contributed by atoms with van der Waals surface area (Å²) in [6.45, 7) is 4.52. The number of fused-ring (bicyclic) bond motifs is 3. The molecule has 0 aliphatic heterocycles. The van der Waals surface area contributed by atoms with Crippen LogP contribution in [0.5, 0.6) is 0 Å². The Bertz CT molecular complexity index is 1220. The number of thiophene rings is 1. The second-order valence-corrected chi connectivity index (χ2v) is 9.64. The summed E-state index contributed by atoms with van der Waals surface area (Å²) in [4.78, 5) is 20.6. The zero-order valence-electron chi connectivity index (χ0n) is 16.3. The zero-order chi connectivity index (χ0) is 20.0. The Hall–Kier alpha value is -2.32. The van der Waals surface area contributed by atoms with Gasteiger partial charge in [0.2, 0.25) is 0 Å². The Morgan fingerprint density at radius 3 is 3.07 bits per heavy atom. The molecule has 0 fully saturated rings. The van der Waals surface area contributed by atoms with E-state index in [0.29, 0.717) is 23.4 Å². The normalized spacial score (nSPS) is 16.4. The van der Waals surface area contributed by atoms with Crippen molar-refractivity contribution in [1.29, 1.82) is 0 Å². The van der Waals surface area contributed by atoms with Gasteiger partial charge in [-0.15, -0.1) is 11.3 Å². The highest BCUT2D eigenvalue weighted by atomic mass is 32.2. The number of rotatable bonds is 5. The van der Waals surface area contributed by atoms with Gasteiger partial charge in [-0.2, -0.15) is 0 Å². The molecule has 8 heteroatoms. The molecule has 1 aliphatic carbocycles. The number of aryl methyl sites for hydroxylation is 2. The van der Waals surface area contributed by atoms with Gasteiger partial charge in [0.1, 0.15) is 16.4 Å². The molecule has 0 bridgehead atoms. The van der Waals surface area contributed by atoms with Gasteiger partial charge in [0.05, 0.1) is 23.9 Å². The second kappa shape index (κ2) is 7.50. The van der Waals surface area contributed by atoms with Gasteiger partial charge in [-0.1, -0.05) is 23.8 Å². The van der Waals surface area contributed by atoms with Gasteiger partial charge in [-0.05, 0) is 49.8 Å². The van der Waals surface area contributed by atoms with Crippen molar-refractivity contribution in [3.8, 4) is 0 Å². The highest BCUT2D eigenvalue weighted by molar-refractivity contribution is 7.98. The van der Waals surface area contributed by atoms with Gasteiger partial charge < -0.3 is 8.94 Å². The van der Waals surface area contributed by atoms with E-state index in [-0.39, 0.29) is 5.56 Å². The number of aromatic nitrogens is 3. The molecule has 0 saturated carbocycles. The summed E-state index contributed by atoms with van der Waals surface area (Å²) in [6, 6.07) is 5.63. The average molecular weight is 428 g/mol. The summed E-state index contributed by atoms with van der Waals surface area (Å²) in [7, 11) is 0. The molecular weight excluding hydrogens is 406 g/mol. The van der Waals surface area contributed by atoms with Crippen LogP contribution in [0, 0.1) is 12.8 Å². The fourth-order valence-electron chi connectivity index (χ4n) is 3.84. The van der Waals surface area contributed by atoms with E-state index < -0.39 is 0 Å². The largest absolute Gasteiger partial charge is 0.467 e. The first-order valence-electron chi connectivity index (χ1n) is 9.71. The quantitative estimate of drug-likeness (QED) is 0.336. The van der Waals surface area contributed by atoms with Crippen LogP contribution < -0.4 is 5.56 Å². The van der Waals surface area contributed by atoms with Crippen LogP contribution in [0.4, 0.5) is 0 Å². The summed E-state index contributed by atoms with van der Waals surface area (Å²) in [5.74, 6) is 2.77.